The molecule has 2 aliphatic heterocycles. The predicted octanol–water partition coefficient (Wildman–Crippen LogP) is 5.61. The molecule has 78 heavy (non-hydrogen) atoms. The number of aliphatic imine (C=N–C) groups is 1. The molecule has 0 radical (unpaired) electrons. The monoisotopic (exact) mass is 1080 g/mol. The van der Waals surface area contributed by atoms with Gasteiger partial charge in [0.05, 0.1) is 17.6 Å². The number of ether oxygens (including phenoxy) is 1. The molecule has 2 aliphatic rings. The van der Waals surface area contributed by atoms with Crippen LogP contribution in [0.4, 0.5) is 32.5 Å². The number of amides is 9. The van der Waals surface area contributed by atoms with Crippen molar-refractivity contribution in [3.8, 4) is 0 Å². The molecule has 2 unspecified atom stereocenters. The fourth-order valence-corrected chi connectivity index (χ4v) is 8.92. The molecule has 1 saturated heterocycles. The van der Waals surface area contributed by atoms with Gasteiger partial charge in [0, 0.05) is 87.0 Å². The van der Waals surface area contributed by atoms with E-state index in [1.54, 1.807) is 68.6 Å². The highest BCUT2D eigenvalue weighted by molar-refractivity contribution is 6.08. The maximum absolute atomic E-state index is 13.5. The number of urea groups is 1. The zero-order valence-corrected chi connectivity index (χ0v) is 45.7. The number of amidine groups is 1. The van der Waals surface area contributed by atoms with Crippen LogP contribution in [0.15, 0.2) is 71.4 Å². The number of anilines is 3. The fraction of sp³-hybridized carbons (Fsp3) is 0.500. The third kappa shape index (κ3) is 19.5. The average molecular weight is 1080 g/mol. The van der Waals surface area contributed by atoms with Gasteiger partial charge in [-0.1, -0.05) is 65.7 Å². The van der Waals surface area contributed by atoms with E-state index < -0.39 is 36.0 Å². The summed E-state index contributed by atoms with van der Waals surface area (Å²) < 4.78 is 5.36. The first kappa shape index (κ1) is 60.8. The minimum atomic E-state index is -0.994. The molecule has 11 N–H and O–H groups in total. The number of rotatable bonds is 28. The van der Waals surface area contributed by atoms with Gasteiger partial charge in [-0.3, -0.25) is 28.8 Å². The number of fused-ring (bicyclic) bond motifs is 1. The van der Waals surface area contributed by atoms with E-state index in [9.17, 15) is 38.4 Å². The van der Waals surface area contributed by atoms with Crippen molar-refractivity contribution in [3.05, 3.63) is 83.1 Å². The van der Waals surface area contributed by atoms with Crippen molar-refractivity contribution in [3.63, 3.8) is 0 Å². The number of benzene rings is 2. The predicted molar refractivity (Wildman–Crippen MR) is 301 cm³/mol. The van der Waals surface area contributed by atoms with Gasteiger partial charge in [-0.15, -0.1) is 0 Å². The van der Waals surface area contributed by atoms with Crippen molar-refractivity contribution in [2.45, 2.75) is 124 Å². The van der Waals surface area contributed by atoms with Crippen LogP contribution in [0.2, 0.25) is 0 Å². The highest BCUT2D eigenvalue weighted by atomic mass is 16.5. The first-order chi connectivity index (χ1) is 37.5. The number of carbonyl (C=O) groups is 8. The van der Waals surface area contributed by atoms with Gasteiger partial charge >= 0.3 is 12.1 Å². The van der Waals surface area contributed by atoms with Crippen molar-refractivity contribution >= 4 is 82.4 Å². The molecule has 3 aromatic rings. The fourth-order valence-electron chi connectivity index (χ4n) is 8.92. The summed E-state index contributed by atoms with van der Waals surface area (Å²) in [5.41, 5.74) is 15.2. The summed E-state index contributed by atoms with van der Waals surface area (Å²) in [6, 6.07) is 12.8. The number of primary amides is 1. The third-order valence-corrected chi connectivity index (χ3v) is 13.2. The summed E-state index contributed by atoms with van der Waals surface area (Å²) in [7, 11) is 0. The zero-order chi connectivity index (χ0) is 56.6. The van der Waals surface area contributed by atoms with Crippen LogP contribution in [0.5, 0.6) is 0 Å². The van der Waals surface area contributed by atoms with Crippen LogP contribution in [0.25, 0.3) is 6.08 Å². The van der Waals surface area contributed by atoms with Crippen LogP contribution in [0, 0.1) is 11.8 Å². The summed E-state index contributed by atoms with van der Waals surface area (Å²) in [4.78, 5) is 116. The summed E-state index contributed by atoms with van der Waals surface area (Å²) in [6.45, 7) is 12.7. The third-order valence-electron chi connectivity index (χ3n) is 13.2. The van der Waals surface area contributed by atoms with Crippen molar-refractivity contribution in [1.29, 1.82) is 0 Å². The Bertz CT molecular complexity index is 2590. The number of unbranched alkanes of at least 4 members (excludes halogenated alkanes) is 2. The Hall–Kier alpha value is -8.04. The Morgan fingerprint density at radius 2 is 1.49 bits per heavy atom. The first-order valence-corrected chi connectivity index (χ1v) is 27.2. The van der Waals surface area contributed by atoms with E-state index in [1.165, 1.54) is 0 Å². The van der Waals surface area contributed by atoms with Gasteiger partial charge in [0.2, 0.25) is 29.5 Å². The number of nitrogens with two attached hydrogens (primary N) is 2. The molecule has 422 valence electrons. The molecule has 9 amide bonds. The van der Waals surface area contributed by atoms with Gasteiger partial charge in [-0.2, -0.15) is 0 Å². The van der Waals surface area contributed by atoms with Gasteiger partial charge in [0.1, 0.15) is 30.3 Å². The molecule has 0 aliphatic carbocycles. The molecule has 3 heterocycles. The van der Waals surface area contributed by atoms with E-state index >= 15 is 0 Å². The number of nitrogens with zero attached hydrogens (tertiary/aromatic N) is 4. The Morgan fingerprint density at radius 3 is 2.14 bits per heavy atom. The van der Waals surface area contributed by atoms with Crippen molar-refractivity contribution in [1.82, 2.24) is 36.5 Å². The van der Waals surface area contributed by atoms with Crippen LogP contribution in [0.1, 0.15) is 127 Å². The summed E-state index contributed by atoms with van der Waals surface area (Å²) in [5, 5.41) is 19.3. The maximum Gasteiger partial charge on any atom is 0.407 e. The van der Waals surface area contributed by atoms with Crippen LogP contribution in [-0.4, -0.2) is 121 Å². The standard InChI is InChI=1S/C56H79N13O9/c1-6-9-10-13-48(70)67-49(36(4)5)53(74)66-44(12-11-24-60-55(58)76)52(73)63-42-18-14-37(15-19-42)35-78-56(77)61-26-25-59-50(71)38-22-29-68(30-23-38)47-21-20-43(34-62-47)64-51(72)40-17-16-39-31-41(33-46(57)65-45(39)32-40)54(75)69(27-7-2)28-8-3/h14-21,31-32,34,36,38,44,49H,6-13,22-30,33,35H2,1-5H3,(H2,57,65)(H,59,71)(H,61,77)(H,63,73)(H,64,72)(H,66,74)(H,67,70)(H3,58,60,76). The summed E-state index contributed by atoms with van der Waals surface area (Å²) in [5.74, 6) is -1.22. The topological polar surface area (TPSA) is 314 Å². The number of piperidine rings is 1. The van der Waals surface area contributed by atoms with Crippen LogP contribution >= 0.6 is 0 Å². The average Bonchev–Trinajstić information content (AvgIpc) is 3.59. The highest BCUT2D eigenvalue weighted by Crippen LogP contribution is 2.29. The zero-order valence-electron chi connectivity index (χ0n) is 45.7. The number of nitrogens with one attached hydrogen (secondary N) is 7. The van der Waals surface area contributed by atoms with E-state index in [4.69, 9.17) is 16.2 Å². The normalized spacial score (nSPS) is 14.0. The summed E-state index contributed by atoms with van der Waals surface area (Å²) in [6.07, 6.45) is 9.20. The van der Waals surface area contributed by atoms with Gasteiger partial charge in [-0.05, 0) is 98.9 Å². The SMILES string of the molecule is CCCCCC(=O)NC(C(=O)NC(CCCNC(N)=O)C(=O)Nc1ccc(COC(=O)NCCNC(=O)C2CCN(c3ccc(NC(=O)c4ccc5c(c4)N=C(N)CC(C(=O)N(CCC)CCC)=C5)cn3)CC2)cc1)C(C)C. The number of aromatic nitrogens is 1. The molecular formula is C56H79N13O9. The Labute approximate surface area is 457 Å². The lowest BCUT2D eigenvalue weighted by Gasteiger charge is -2.32. The molecular weight excluding hydrogens is 999 g/mol. The van der Waals surface area contributed by atoms with Gasteiger partial charge in [0.15, 0.2) is 0 Å². The molecule has 2 aromatic carbocycles. The van der Waals surface area contributed by atoms with Crippen LogP contribution in [-0.2, 0) is 35.3 Å². The lowest BCUT2D eigenvalue weighted by Crippen LogP contribution is -2.54. The molecule has 1 aromatic heterocycles. The smallest absolute Gasteiger partial charge is 0.407 e. The van der Waals surface area contributed by atoms with E-state index in [-0.39, 0.29) is 74.5 Å². The molecule has 2 atom stereocenters. The van der Waals surface area contributed by atoms with E-state index in [1.807, 2.05) is 37.8 Å². The summed E-state index contributed by atoms with van der Waals surface area (Å²) >= 11 is 0. The Morgan fingerprint density at radius 1 is 0.782 bits per heavy atom. The number of hydrogen-bond acceptors (Lipinski definition) is 13. The molecule has 22 nitrogen and oxygen atoms in total. The lowest BCUT2D eigenvalue weighted by atomic mass is 9.96. The highest BCUT2D eigenvalue weighted by Gasteiger charge is 2.30. The van der Waals surface area contributed by atoms with Crippen molar-refractivity contribution in [2.75, 3.05) is 61.3 Å². The largest absolute Gasteiger partial charge is 0.445 e. The minimum absolute atomic E-state index is 0.0593. The number of hydrogen-bond donors (Lipinski definition) is 9. The van der Waals surface area contributed by atoms with E-state index in [0.29, 0.717) is 109 Å². The second-order valence-corrected chi connectivity index (χ2v) is 19.9. The van der Waals surface area contributed by atoms with Gasteiger partial charge < -0.3 is 63.2 Å². The van der Waals surface area contributed by atoms with E-state index in [0.717, 1.165) is 25.7 Å². The number of pyridine rings is 1. The van der Waals surface area contributed by atoms with Crippen LogP contribution < -0.4 is 53.6 Å². The number of alkyl carbamates (subject to hydrolysis) is 1. The quantitative estimate of drug-likeness (QED) is 0.0401. The second-order valence-electron chi connectivity index (χ2n) is 19.9. The maximum atomic E-state index is 13.5. The molecule has 22 heteroatoms. The first-order valence-electron chi connectivity index (χ1n) is 27.2. The Balaban J connectivity index is 1.00. The van der Waals surface area contributed by atoms with Gasteiger partial charge in [-0.25, -0.2) is 19.6 Å². The molecule has 5 rings (SSSR count). The van der Waals surface area contributed by atoms with Crippen molar-refractivity contribution in [2.24, 2.45) is 28.3 Å². The van der Waals surface area contributed by atoms with Crippen LogP contribution in [0.3, 0.4) is 0 Å². The number of carbonyl (C=O) groups excluding carboxylic acids is 8. The lowest BCUT2D eigenvalue weighted by molar-refractivity contribution is -0.132. The van der Waals surface area contributed by atoms with Gasteiger partial charge in [0.25, 0.3) is 5.91 Å². The molecule has 0 spiro atoms. The van der Waals surface area contributed by atoms with Crippen molar-refractivity contribution < 1.29 is 43.1 Å². The molecule has 0 saturated carbocycles. The molecule has 1 fully saturated rings. The second kappa shape index (κ2) is 31.2. The minimum Gasteiger partial charge on any atom is -0.445 e. The molecule has 0 bridgehead atoms. The Kier molecular flexibility index (Phi) is 24.4. The van der Waals surface area contributed by atoms with E-state index in [2.05, 4.69) is 52.1 Å².